The third-order valence-electron chi connectivity index (χ3n) is 7.46. The van der Waals surface area contributed by atoms with Gasteiger partial charge in [-0.2, -0.15) is 10.2 Å². The first-order chi connectivity index (χ1) is 16.2. The van der Waals surface area contributed by atoms with E-state index in [0.29, 0.717) is 16.6 Å². The van der Waals surface area contributed by atoms with Crippen LogP contribution in [0.1, 0.15) is 31.4 Å². The number of carboxylic acids is 1. The van der Waals surface area contributed by atoms with Crippen molar-refractivity contribution in [1.82, 2.24) is 24.5 Å². The van der Waals surface area contributed by atoms with E-state index in [1.54, 1.807) is 23.9 Å². The maximum atomic E-state index is 15.3. The molecule has 1 spiro atoms. The number of rotatable bonds is 4. The number of aliphatic carboxylic acids is 1. The van der Waals surface area contributed by atoms with Crippen molar-refractivity contribution in [1.29, 1.82) is 0 Å². The molecule has 1 amide bonds. The Kier molecular flexibility index (Phi) is 4.36. The van der Waals surface area contributed by atoms with E-state index in [1.165, 1.54) is 10.7 Å². The Morgan fingerprint density at radius 1 is 1.18 bits per heavy atom. The van der Waals surface area contributed by atoms with Crippen molar-refractivity contribution in [3.05, 3.63) is 48.0 Å². The van der Waals surface area contributed by atoms with E-state index in [0.717, 1.165) is 47.9 Å². The molecule has 1 saturated carbocycles. The zero-order valence-corrected chi connectivity index (χ0v) is 19.0. The van der Waals surface area contributed by atoms with Gasteiger partial charge in [-0.05, 0) is 36.6 Å². The molecule has 1 saturated heterocycles. The number of halogens is 1. The number of hydrogen-bond acceptors (Lipinski definition) is 4. The summed E-state index contributed by atoms with van der Waals surface area (Å²) in [7, 11) is 1.82. The molecule has 0 bridgehead atoms. The Morgan fingerprint density at radius 3 is 2.65 bits per heavy atom. The number of fused-ring (bicyclic) bond motifs is 2. The first-order valence-corrected chi connectivity index (χ1v) is 11.3. The van der Waals surface area contributed by atoms with Gasteiger partial charge in [-0.25, -0.2) is 4.39 Å². The maximum Gasteiger partial charge on any atom is 0.325 e. The molecule has 0 atom stereocenters. The van der Waals surface area contributed by atoms with Crippen LogP contribution in [0, 0.1) is 11.2 Å². The standard InChI is InChI=1S/C25H24FN5O3/c1-14(32)30-12-25(13-30)8-16(9-25)24-23-17(4-3-5-20(23)31(28-24)11-22(33)34)18-7-21-15(6-19(18)26)10-27-29(21)2/h3-7,10,16H,8-9,11-13H2,1-2H3,(H,33,34). The molecule has 1 aliphatic carbocycles. The molecule has 2 aromatic carbocycles. The third kappa shape index (κ3) is 3.03. The zero-order chi connectivity index (χ0) is 23.8. The Hall–Kier alpha value is -3.75. The smallest absolute Gasteiger partial charge is 0.325 e. The summed E-state index contributed by atoms with van der Waals surface area (Å²) in [4.78, 5) is 25.0. The second-order valence-electron chi connectivity index (χ2n) is 9.78. The fourth-order valence-electron chi connectivity index (χ4n) is 5.82. The Labute approximate surface area is 194 Å². The van der Waals surface area contributed by atoms with Crippen LogP contribution >= 0.6 is 0 Å². The van der Waals surface area contributed by atoms with Crippen LogP contribution in [0.4, 0.5) is 4.39 Å². The van der Waals surface area contributed by atoms with Crippen molar-refractivity contribution in [2.75, 3.05) is 13.1 Å². The number of carbonyl (C=O) groups is 2. The van der Waals surface area contributed by atoms with Gasteiger partial charge in [-0.3, -0.25) is 19.0 Å². The van der Waals surface area contributed by atoms with Crippen molar-refractivity contribution < 1.29 is 19.1 Å². The zero-order valence-electron chi connectivity index (χ0n) is 19.0. The lowest BCUT2D eigenvalue weighted by Gasteiger charge is -2.58. The van der Waals surface area contributed by atoms with Crippen LogP contribution in [0.25, 0.3) is 32.9 Å². The van der Waals surface area contributed by atoms with E-state index in [1.807, 2.05) is 30.1 Å². The average molecular weight is 461 g/mol. The van der Waals surface area contributed by atoms with Crippen molar-refractivity contribution in [2.24, 2.45) is 12.5 Å². The van der Waals surface area contributed by atoms with Gasteiger partial charge in [0, 0.05) is 54.7 Å². The third-order valence-corrected chi connectivity index (χ3v) is 7.46. The molecule has 0 radical (unpaired) electrons. The lowest BCUT2D eigenvalue weighted by molar-refractivity contribution is -0.149. The monoisotopic (exact) mass is 461 g/mol. The minimum atomic E-state index is -0.981. The van der Waals surface area contributed by atoms with Crippen LogP contribution in [-0.4, -0.2) is 54.5 Å². The van der Waals surface area contributed by atoms with Gasteiger partial charge in [0.25, 0.3) is 0 Å². The second-order valence-corrected chi connectivity index (χ2v) is 9.78. The number of hydrogen-bond donors (Lipinski definition) is 1. The SMILES string of the molecule is CC(=O)N1CC2(CC(c3nn(CC(=O)O)c4cccc(-c5cc6c(cnn6C)cc5F)c34)C2)C1. The molecule has 9 heteroatoms. The molecular formula is C25H24FN5O3. The normalized spacial score (nSPS) is 17.3. The number of amides is 1. The summed E-state index contributed by atoms with van der Waals surface area (Å²) in [6, 6.07) is 8.81. The number of carbonyl (C=O) groups excluding carboxylic acids is 1. The number of aryl methyl sites for hydroxylation is 1. The van der Waals surface area contributed by atoms with Gasteiger partial charge in [-0.1, -0.05) is 12.1 Å². The predicted molar refractivity (Wildman–Crippen MR) is 124 cm³/mol. The van der Waals surface area contributed by atoms with Crippen molar-refractivity contribution in [3.8, 4) is 11.1 Å². The van der Waals surface area contributed by atoms with Crippen LogP contribution in [0.5, 0.6) is 0 Å². The van der Waals surface area contributed by atoms with E-state index < -0.39 is 5.97 Å². The van der Waals surface area contributed by atoms with E-state index in [-0.39, 0.29) is 29.6 Å². The summed E-state index contributed by atoms with van der Waals surface area (Å²) in [6.45, 7) is 2.83. The fourth-order valence-corrected chi connectivity index (χ4v) is 5.82. The van der Waals surface area contributed by atoms with Crippen LogP contribution in [0.3, 0.4) is 0 Å². The summed E-state index contributed by atoms with van der Waals surface area (Å²) in [5.74, 6) is -1.11. The summed E-state index contributed by atoms with van der Waals surface area (Å²) in [6.07, 6.45) is 3.40. The first kappa shape index (κ1) is 20.8. The fraction of sp³-hybridized carbons (Fsp3) is 0.360. The number of carboxylic acid groups (broad SMARTS) is 1. The molecule has 2 fully saturated rings. The quantitative estimate of drug-likeness (QED) is 0.502. The van der Waals surface area contributed by atoms with Crippen LogP contribution in [0.2, 0.25) is 0 Å². The van der Waals surface area contributed by atoms with Crippen LogP contribution in [-0.2, 0) is 23.2 Å². The maximum absolute atomic E-state index is 15.3. The van der Waals surface area contributed by atoms with E-state index in [9.17, 15) is 14.7 Å². The first-order valence-electron chi connectivity index (χ1n) is 11.3. The predicted octanol–water partition coefficient (Wildman–Crippen LogP) is 3.54. The molecule has 3 heterocycles. The van der Waals surface area contributed by atoms with Crippen LogP contribution in [0.15, 0.2) is 36.5 Å². The minimum Gasteiger partial charge on any atom is -0.480 e. The molecule has 4 aromatic rings. The number of benzene rings is 2. The molecule has 34 heavy (non-hydrogen) atoms. The average Bonchev–Trinajstić information content (AvgIpc) is 3.25. The molecule has 1 N–H and O–H groups in total. The Bertz CT molecular complexity index is 1490. The molecule has 6 rings (SSSR count). The van der Waals surface area contributed by atoms with Gasteiger partial charge in [0.15, 0.2) is 0 Å². The van der Waals surface area contributed by atoms with Gasteiger partial charge >= 0.3 is 5.97 Å². The topological polar surface area (TPSA) is 93.2 Å². The lowest BCUT2D eigenvalue weighted by Crippen LogP contribution is -2.62. The molecular weight excluding hydrogens is 437 g/mol. The molecule has 2 aliphatic rings. The van der Waals surface area contributed by atoms with Gasteiger partial charge in [-0.15, -0.1) is 0 Å². The Morgan fingerprint density at radius 2 is 1.94 bits per heavy atom. The van der Waals surface area contributed by atoms with Crippen molar-refractivity contribution >= 4 is 33.7 Å². The summed E-state index contributed by atoms with van der Waals surface area (Å²) < 4.78 is 18.5. The summed E-state index contributed by atoms with van der Waals surface area (Å²) >= 11 is 0. The highest BCUT2D eigenvalue weighted by Crippen LogP contribution is 2.57. The van der Waals surface area contributed by atoms with Crippen molar-refractivity contribution in [2.45, 2.75) is 32.2 Å². The molecule has 8 nitrogen and oxygen atoms in total. The van der Waals surface area contributed by atoms with Gasteiger partial charge in [0.1, 0.15) is 12.4 Å². The highest BCUT2D eigenvalue weighted by Gasteiger charge is 2.54. The van der Waals surface area contributed by atoms with E-state index in [2.05, 4.69) is 5.10 Å². The number of likely N-dealkylation sites (tertiary alicyclic amines) is 1. The molecule has 0 unspecified atom stereocenters. The second kappa shape index (κ2) is 7.12. The summed E-state index contributed by atoms with van der Waals surface area (Å²) in [5, 5.41) is 19.9. The molecule has 1 aliphatic heterocycles. The molecule has 174 valence electrons. The summed E-state index contributed by atoms with van der Waals surface area (Å²) in [5.41, 5.74) is 3.56. The van der Waals surface area contributed by atoms with Crippen molar-refractivity contribution in [3.63, 3.8) is 0 Å². The largest absolute Gasteiger partial charge is 0.480 e. The molecule has 2 aromatic heterocycles. The highest BCUT2D eigenvalue weighted by molar-refractivity contribution is 5.99. The Balaban J connectivity index is 1.47. The number of nitrogens with zero attached hydrogens (tertiary/aromatic N) is 5. The van der Waals surface area contributed by atoms with Crippen LogP contribution < -0.4 is 0 Å². The van der Waals surface area contributed by atoms with Gasteiger partial charge in [0.2, 0.25) is 5.91 Å². The number of aromatic nitrogens is 4. The highest BCUT2D eigenvalue weighted by atomic mass is 19.1. The minimum absolute atomic E-state index is 0.0913. The van der Waals surface area contributed by atoms with E-state index in [4.69, 9.17) is 5.10 Å². The van der Waals surface area contributed by atoms with Gasteiger partial charge < -0.3 is 10.0 Å². The van der Waals surface area contributed by atoms with Gasteiger partial charge in [0.05, 0.1) is 22.9 Å². The lowest BCUT2D eigenvalue weighted by atomic mass is 9.56. The van der Waals surface area contributed by atoms with E-state index >= 15 is 4.39 Å².